The van der Waals surface area contributed by atoms with Gasteiger partial charge in [0.1, 0.15) is 5.69 Å². The molecule has 1 heterocycles. The Morgan fingerprint density at radius 2 is 2.05 bits per heavy atom. The first-order chi connectivity index (χ1) is 9.23. The minimum Gasteiger partial charge on any atom is -0.395 e. The van der Waals surface area contributed by atoms with Crippen LogP contribution in [0, 0.1) is 5.41 Å². The Labute approximate surface area is 121 Å². The lowest BCUT2D eigenvalue weighted by atomic mass is 9.88. The number of nitrogens with zero attached hydrogens (tertiary/aromatic N) is 1. The molecule has 5 nitrogen and oxygen atoms in total. The van der Waals surface area contributed by atoms with Crippen LogP contribution in [-0.4, -0.2) is 47.6 Å². The molecule has 1 aromatic heterocycles. The van der Waals surface area contributed by atoms with Gasteiger partial charge in [-0.15, -0.1) is 0 Å². The summed E-state index contributed by atoms with van der Waals surface area (Å²) in [5, 5.41) is 12.7. The summed E-state index contributed by atoms with van der Waals surface area (Å²) in [6.45, 7) is 7.18. The van der Waals surface area contributed by atoms with Crippen LogP contribution in [0.2, 0.25) is 0 Å². The molecule has 0 aliphatic rings. The average molecular weight is 281 g/mol. The van der Waals surface area contributed by atoms with Gasteiger partial charge in [0.05, 0.1) is 6.61 Å². The molecule has 1 aromatic rings. The fourth-order valence-corrected chi connectivity index (χ4v) is 2.10. The Morgan fingerprint density at radius 1 is 1.40 bits per heavy atom. The highest BCUT2D eigenvalue weighted by Crippen LogP contribution is 2.20. The van der Waals surface area contributed by atoms with Crippen LogP contribution in [0.5, 0.6) is 0 Å². The molecule has 1 amide bonds. The second kappa shape index (κ2) is 6.90. The fraction of sp³-hybridized carbons (Fsp3) is 0.667. The summed E-state index contributed by atoms with van der Waals surface area (Å²) < 4.78 is 0. The van der Waals surface area contributed by atoms with E-state index in [0.717, 1.165) is 12.1 Å². The lowest BCUT2D eigenvalue weighted by molar-refractivity contribution is 0.0822. The van der Waals surface area contributed by atoms with Crippen LogP contribution >= 0.6 is 0 Å². The lowest BCUT2D eigenvalue weighted by Gasteiger charge is -2.25. The van der Waals surface area contributed by atoms with E-state index in [1.165, 1.54) is 0 Å². The molecule has 1 unspecified atom stereocenters. The standard InChI is InChI=1S/C15H27N3O2/c1-15(2,3)8-12(10-19)16-9-11-6-7-13(17-11)14(20)18(4)5/h6-7,12,16-17,19H,8-10H2,1-5H3. The normalized spacial score (nSPS) is 13.3. The molecule has 0 spiro atoms. The summed E-state index contributed by atoms with van der Waals surface area (Å²) in [7, 11) is 3.46. The Bertz CT molecular complexity index is 433. The number of amides is 1. The summed E-state index contributed by atoms with van der Waals surface area (Å²) >= 11 is 0. The molecule has 1 rings (SSSR count). The zero-order valence-corrected chi connectivity index (χ0v) is 13.2. The van der Waals surface area contributed by atoms with E-state index in [4.69, 9.17) is 0 Å². The minimum absolute atomic E-state index is 0.0374. The van der Waals surface area contributed by atoms with Crippen LogP contribution in [0.3, 0.4) is 0 Å². The summed E-state index contributed by atoms with van der Waals surface area (Å²) in [6.07, 6.45) is 0.897. The summed E-state index contributed by atoms with van der Waals surface area (Å²) in [5.41, 5.74) is 1.70. The highest BCUT2D eigenvalue weighted by atomic mass is 16.3. The van der Waals surface area contributed by atoms with Crippen molar-refractivity contribution in [3.8, 4) is 0 Å². The molecule has 3 N–H and O–H groups in total. The van der Waals surface area contributed by atoms with E-state index in [0.29, 0.717) is 12.2 Å². The Kier molecular flexibility index (Phi) is 5.77. The van der Waals surface area contributed by atoms with Crippen molar-refractivity contribution in [1.82, 2.24) is 15.2 Å². The van der Waals surface area contributed by atoms with Crippen LogP contribution in [-0.2, 0) is 6.54 Å². The van der Waals surface area contributed by atoms with Gasteiger partial charge >= 0.3 is 0 Å². The van der Waals surface area contributed by atoms with Crippen LogP contribution in [0.25, 0.3) is 0 Å². The molecule has 114 valence electrons. The molecule has 1 atom stereocenters. The molecule has 0 aliphatic heterocycles. The SMILES string of the molecule is CN(C)C(=O)c1ccc(CNC(CO)CC(C)(C)C)[nH]1. The molecular formula is C15H27N3O2. The lowest BCUT2D eigenvalue weighted by Crippen LogP contribution is -2.35. The third-order valence-electron chi connectivity index (χ3n) is 3.04. The molecule has 5 heteroatoms. The first kappa shape index (κ1) is 16.7. The minimum atomic E-state index is -0.0374. The maximum absolute atomic E-state index is 11.8. The van der Waals surface area contributed by atoms with Crippen molar-refractivity contribution >= 4 is 5.91 Å². The molecule has 0 aromatic carbocycles. The fourth-order valence-electron chi connectivity index (χ4n) is 2.10. The Balaban J connectivity index is 2.55. The van der Waals surface area contributed by atoms with Crippen molar-refractivity contribution in [2.75, 3.05) is 20.7 Å². The van der Waals surface area contributed by atoms with Gasteiger partial charge in [-0.2, -0.15) is 0 Å². The van der Waals surface area contributed by atoms with Crippen molar-refractivity contribution in [3.63, 3.8) is 0 Å². The zero-order valence-electron chi connectivity index (χ0n) is 13.2. The number of aliphatic hydroxyl groups excluding tert-OH is 1. The number of rotatable bonds is 6. The third kappa shape index (κ3) is 5.35. The predicted octanol–water partition coefficient (Wildman–Crippen LogP) is 1.60. The van der Waals surface area contributed by atoms with E-state index >= 15 is 0 Å². The number of hydrogen-bond donors (Lipinski definition) is 3. The van der Waals surface area contributed by atoms with Crippen LogP contribution in [0.15, 0.2) is 12.1 Å². The van der Waals surface area contributed by atoms with E-state index in [9.17, 15) is 9.90 Å². The average Bonchev–Trinajstić information content (AvgIpc) is 2.80. The van der Waals surface area contributed by atoms with Crippen molar-refractivity contribution in [3.05, 3.63) is 23.5 Å². The van der Waals surface area contributed by atoms with E-state index in [-0.39, 0.29) is 24.0 Å². The third-order valence-corrected chi connectivity index (χ3v) is 3.04. The van der Waals surface area contributed by atoms with E-state index < -0.39 is 0 Å². The number of carbonyl (C=O) groups is 1. The smallest absolute Gasteiger partial charge is 0.269 e. The summed E-state index contributed by atoms with van der Waals surface area (Å²) in [6, 6.07) is 3.75. The van der Waals surface area contributed by atoms with Gasteiger partial charge in [0.15, 0.2) is 0 Å². The number of aromatic nitrogens is 1. The van der Waals surface area contributed by atoms with Crippen molar-refractivity contribution in [2.45, 2.75) is 39.8 Å². The first-order valence-corrected chi connectivity index (χ1v) is 6.96. The van der Waals surface area contributed by atoms with Gasteiger partial charge in [0.25, 0.3) is 5.91 Å². The quantitative estimate of drug-likeness (QED) is 0.742. The maximum Gasteiger partial charge on any atom is 0.269 e. The molecule has 20 heavy (non-hydrogen) atoms. The van der Waals surface area contributed by atoms with E-state index in [1.54, 1.807) is 25.1 Å². The molecular weight excluding hydrogens is 254 g/mol. The van der Waals surface area contributed by atoms with Crippen molar-refractivity contribution in [2.24, 2.45) is 5.41 Å². The van der Waals surface area contributed by atoms with Crippen LogP contribution in [0.1, 0.15) is 43.4 Å². The number of hydrogen-bond acceptors (Lipinski definition) is 3. The van der Waals surface area contributed by atoms with Crippen molar-refractivity contribution < 1.29 is 9.90 Å². The molecule has 0 saturated heterocycles. The van der Waals surface area contributed by atoms with Crippen LogP contribution < -0.4 is 5.32 Å². The number of carbonyl (C=O) groups excluding carboxylic acids is 1. The summed E-state index contributed by atoms with van der Waals surface area (Å²) in [5.74, 6) is -0.0374. The Hall–Kier alpha value is -1.33. The highest BCUT2D eigenvalue weighted by Gasteiger charge is 2.18. The molecule has 0 bridgehead atoms. The van der Waals surface area contributed by atoms with E-state index in [1.807, 2.05) is 6.07 Å². The number of nitrogens with one attached hydrogen (secondary N) is 2. The van der Waals surface area contributed by atoms with Gasteiger partial charge in [-0.3, -0.25) is 4.79 Å². The summed E-state index contributed by atoms with van der Waals surface area (Å²) in [4.78, 5) is 16.4. The molecule has 0 aliphatic carbocycles. The Morgan fingerprint density at radius 3 is 2.55 bits per heavy atom. The van der Waals surface area contributed by atoms with Gasteiger partial charge in [-0.25, -0.2) is 0 Å². The van der Waals surface area contributed by atoms with Gasteiger partial charge in [-0.05, 0) is 24.0 Å². The topological polar surface area (TPSA) is 68.4 Å². The second-order valence-electron chi connectivity index (χ2n) is 6.62. The van der Waals surface area contributed by atoms with Crippen LogP contribution in [0.4, 0.5) is 0 Å². The first-order valence-electron chi connectivity index (χ1n) is 6.96. The zero-order chi connectivity index (χ0) is 15.3. The predicted molar refractivity (Wildman–Crippen MR) is 80.6 cm³/mol. The van der Waals surface area contributed by atoms with Gasteiger partial charge in [0, 0.05) is 32.4 Å². The maximum atomic E-state index is 11.8. The molecule has 0 saturated carbocycles. The second-order valence-corrected chi connectivity index (χ2v) is 6.62. The van der Waals surface area contributed by atoms with Crippen molar-refractivity contribution in [1.29, 1.82) is 0 Å². The number of H-pyrrole nitrogens is 1. The molecule has 0 radical (unpaired) electrons. The van der Waals surface area contributed by atoms with Gasteiger partial charge < -0.3 is 20.3 Å². The van der Waals surface area contributed by atoms with E-state index in [2.05, 4.69) is 31.1 Å². The van der Waals surface area contributed by atoms with Gasteiger partial charge in [-0.1, -0.05) is 20.8 Å². The number of aliphatic hydroxyl groups is 1. The number of aromatic amines is 1. The highest BCUT2D eigenvalue weighted by molar-refractivity contribution is 5.92. The monoisotopic (exact) mass is 281 g/mol. The molecule has 0 fully saturated rings. The van der Waals surface area contributed by atoms with Gasteiger partial charge in [0.2, 0.25) is 0 Å². The largest absolute Gasteiger partial charge is 0.395 e.